The Kier molecular flexibility index (Phi) is 3.62. The van der Waals surface area contributed by atoms with Gasteiger partial charge in [0.25, 0.3) is 0 Å². The number of aromatic nitrogens is 1. The highest BCUT2D eigenvalue weighted by Gasteiger charge is 2.29. The molecule has 1 atom stereocenters. The molecule has 2 heteroatoms. The van der Waals surface area contributed by atoms with Crippen molar-refractivity contribution in [3.63, 3.8) is 0 Å². The summed E-state index contributed by atoms with van der Waals surface area (Å²) in [6.07, 6.45) is 3.82. The predicted octanol–water partition coefficient (Wildman–Crippen LogP) is 3.53. The van der Waals surface area contributed by atoms with Crippen molar-refractivity contribution in [2.24, 2.45) is 11.7 Å². The van der Waals surface area contributed by atoms with Crippen molar-refractivity contribution >= 4 is 0 Å². The molecular weight excluding hydrogens is 208 g/mol. The van der Waals surface area contributed by atoms with Crippen LogP contribution >= 0.6 is 0 Å². The summed E-state index contributed by atoms with van der Waals surface area (Å²) < 4.78 is 2.54. The lowest BCUT2D eigenvalue weighted by Crippen LogP contribution is -2.13. The minimum absolute atomic E-state index is 0.624. The van der Waals surface area contributed by atoms with Gasteiger partial charge in [0.2, 0.25) is 0 Å². The van der Waals surface area contributed by atoms with Crippen LogP contribution in [0.5, 0.6) is 0 Å². The van der Waals surface area contributed by atoms with Crippen molar-refractivity contribution in [3.05, 3.63) is 23.0 Å². The topological polar surface area (TPSA) is 30.9 Å². The molecule has 1 aliphatic carbocycles. The van der Waals surface area contributed by atoms with Gasteiger partial charge in [0.15, 0.2) is 0 Å². The lowest BCUT2D eigenvalue weighted by molar-refractivity contribution is 0.470. The summed E-state index contributed by atoms with van der Waals surface area (Å²) in [5, 5.41) is 0. The third-order valence-corrected chi connectivity index (χ3v) is 4.12. The molecule has 2 rings (SSSR count). The van der Waals surface area contributed by atoms with E-state index in [1.165, 1.54) is 29.8 Å². The summed E-state index contributed by atoms with van der Waals surface area (Å²) in [5.41, 5.74) is 10.2. The molecule has 1 aliphatic rings. The minimum atomic E-state index is 0.624. The van der Waals surface area contributed by atoms with Gasteiger partial charge in [0.1, 0.15) is 0 Å². The highest BCUT2D eigenvalue weighted by molar-refractivity contribution is 5.32. The summed E-state index contributed by atoms with van der Waals surface area (Å²) >= 11 is 0. The summed E-state index contributed by atoms with van der Waals surface area (Å²) in [6, 6.07) is 3.18. The van der Waals surface area contributed by atoms with Gasteiger partial charge in [0.05, 0.1) is 0 Å². The molecule has 0 spiro atoms. The van der Waals surface area contributed by atoms with Gasteiger partial charge in [-0.1, -0.05) is 13.8 Å². The van der Waals surface area contributed by atoms with Crippen LogP contribution in [0.2, 0.25) is 0 Å². The Balaban J connectivity index is 2.33. The van der Waals surface area contributed by atoms with Crippen LogP contribution in [-0.2, 0) is 0 Å². The van der Waals surface area contributed by atoms with Gasteiger partial charge in [-0.05, 0) is 63.1 Å². The molecule has 0 amide bonds. The Labute approximate surface area is 105 Å². The summed E-state index contributed by atoms with van der Waals surface area (Å²) in [6.45, 7) is 9.93. The average Bonchev–Trinajstić information content (AvgIpc) is 3.03. The van der Waals surface area contributed by atoms with Crippen molar-refractivity contribution in [1.29, 1.82) is 0 Å². The Hall–Kier alpha value is -0.760. The molecule has 0 saturated heterocycles. The summed E-state index contributed by atoms with van der Waals surface area (Å²) in [5.74, 6) is 1.30. The molecule has 0 aromatic carbocycles. The fourth-order valence-electron chi connectivity index (χ4n) is 3.10. The number of hydrogen-bond donors (Lipinski definition) is 1. The summed E-state index contributed by atoms with van der Waals surface area (Å²) in [7, 11) is 0. The number of nitrogens with zero attached hydrogens (tertiary/aromatic N) is 1. The van der Waals surface area contributed by atoms with E-state index in [4.69, 9.17) is 5.73 Å². The molecule has 0 bridgehead atoms. The fourth-order valence-corrected chi connectivity index (χ4v) is 3.10. The van der Waals surface area contributed by atoms with E-state index in [-0.39, 0.29) is 0 Å². The molecule has 2 nitrogen and oxygen atoms in total. The third-order valence-electron chi connectivity index (χ3n) is 4.12. The van der Waals surface area contributed by atoms with Crippen molar-refractivity contribution in [3.8, 4) is 0 Å². The molecular formula is C15H26N2. The first kappa shape index (κ1) is 12.7. The SMILES string of the molecule is Cc1cc(C(CCN)C(C)C)c(C)n1C1CC1. The van der Waals surface area contributed by atoms with E-state index in [2.05, 4.69) is 38.3 Å². The van der Waals surface area contributed by atoms with E-state index >= 15 is 0 Å². The normalized spacial score (nSPS) is 17.8. The zero-order valence-corrected chi connectivity index (χ0v) is 11.7. The molecule has 0 radical (unpaired) electrons. The molecule has 1 aromatic rings. The van der Waals surface area contributed by atoms with Crippen molar-refractivity contribution in [2.75, 3.05) is 6.54 Å². The fraction of sp³-hybridized carbons (Fsp3) is 0.733. The number of aryl methyl sites for hydroxylation is 1. The Morgan fingerprint density at radius 2 is 2.00 bits per heavy atom. The van der Waals surface area contributed by atoms with Gasteiger partial charge < -0.3 is 10.3 Å². The molecule has 1 saturated carbocycles. The van der Waals surface area contributed by atoms with E-state index in [1.807, 2.05) is 0 Å². The van der Waals surface area contributed by atoms with Crippen LogP contribution in [0.1, 0.15) is 62.0 Å². The monoisotopic (exact) mass is 234 g/mol. The van der Waals surface area contributed by atoms with Crippen LogP contribution in [0.4, 0.5) is 0 Å². The second-order valence-corrected chi connectivity index (χ2v) is 5.86. The molecule has 1 aromatic heterocycles. The predicted molar refractivity (Wildman–Crippen MR) is 73.4 cm³/mol. The van der Waals surface area contributed by atoms with E-state index in [0.717, 1.165) is 19.0 Å². The van der Waals surface area contributed by atoms with Gasteiger partial charge in [0, 0.05) is 17.4 Å². The molecule has 1 fully saturated rings. The van der Waals surface area contributed by atoms with Crippen LogP contribution in [-0.4, -0.2) is 11.1 Å². The highest BCUT2D eigenvalue weighted by atomic mass is 15.1. The molecule has 96 valence electrons. The van der Waals surface area contributed by atoms with Crippen LogP contribution in [0.25, 0.3) is 0 Å². The van der Waals surface area contributed by atoms with Crippen LogP contribution in [0.3, 0.4) is 0 Å². The Morgan fingerprint density at radius 1 is 1.35 bits per heavy atom. The molecule has 1 heterocycles. The van der Waals surface area contributed by atoms with E-state index in [9.17, 15) is 0 Å². The zero-order valence-electron chi connectivity index (χ0n) is 11.7. The van der Waals surface area contributed by atoms with Crippen molar-refractivity contribution in [1.82, 2.24) is 4.57 Å². The number of hydrogen-bond acceptors (Lipinski definition) is 1. The van der Waals surface area contributed by atoms with Gasteiger partial charge >= 0.3 is 0 Å². The van der Waals surface area contributed by atoms with E-state index < -0.39 is 0 Å². The average molecular weight is 234 g/mol. The maximum atomic E-state index is 5.76. The highest BCUT2D eigenvalue weighted by Crippen LogP contribution is 2.41. The molecule has 1 unspecified atom stereocenters. The molecule has 0 aliphatic heterocycles. The smallest absolute Gasteiger partial charge is 0.0337 e. The lowest BCUT2D eigenvalue weighted by Gasteiger charge is -2.21. The first-order valence-electron chi connectivity index (χ1n) is 6.94. The van der Waals surface area contributed by atoms with Crippen LogP contribution < -0.4 is 5.73 Å². The van der Waals surface area contributed by atoms with Gasteiger partial charge in [-0.15, -0.1) is 0 Å². The first-order chi connectivity index (χ1) is 8.06. The van der Waals surface area contributed by atoms with E-state index in [0.29, 0.717) is 11.8 Å². The van der Waals surface area contributed by atoms with Crippen molar-refractivity contribution in [2.45, 2.75) is 58.9 Å². The van der Waals surface area contributed by atoms with E-state index in [1.54, 1.807) is 0 Å². The van der Waals surface area contributed by atoms with Gasteiger partial charge in [-0.3, -0.25) is 0 Å². The standard InChI is InChI=1S/C15H26N2/c1-10(2)14(7-8-16)15-9-11(3)17(12(15)4)13-5-6-13/h9-10,13-14H,5-8,16H2,1-4H3. The molecule has 2 N–H and O–H groups in total. The second-order valence-electron chi connectivity index (χ2n) is 5.86. The van der Waals surface area contributed by atoms with Crippen molar-refractivity contribution < 1.29 is 0 Å². The van der Waals surface area contributed by atoms with Gasteiger partial charge in [-0.2, -0.15) is 0 Å². The lowest BCUT2D eigenvalue weighted by atomic mass is 9.86. The Bertz CT molecular complexity index is 386. The zero-order chi connectivity index (χ0) is 12.6. The van der Waals surface area contributed by atoms with Gasteiger partial charge in [-0.25, -0.2) is 0 Å². The minimum Gasteiger partial charge on any atom is -0.346 e. The number of rotatable bonds is 5. The van der Waals surface area contributed by atoms with Crippen LogP contribution in [0.15, 0.2) is 6.07 Å². The quantitative estimate of drug-likeness (QED) is 0.830. The third kappa shape index (κ3) is 2.42. The molecule has 17 heavy (non-hydrogen) atoms. The Morgan fingerprint density at radius 3 is 2.47 bits per heavy atom. The largest absolute Gasteiger partial charge is 0.346 e. The first-order valence-corrected chi connectivity index (χ1v) is 6.94. The maximum Gasteiger partial charge on any atom is 0.0337 e. The van der Waals surface area contributed by atoms with Crippen LogP contribution in [0, 0.1) is 19.8 Å². The summed E-state index contributed by atoms with van der Waals surface area (Å²) in [4.78, 5) is 0. The number of nitrogens with two attached hydrogens (primary N) is 1. The second kappa shape index (κ2) is 4.85. The maximum absolute atomic E-state index is 5.76.